The average Bonchev–Trinajstić information content (AvgIpc) is 2.88. The monoisotopic (exact) mass is 442 g/mol. The van der Waals surface area contributed by atoms with Crippen molar-refractivity contribution < 1.29 is 19.1 Å². The smallest absolute Gasteiger partial charge is 0.411 e. The second-order valence-electron chi connectivity index (χ2n) is 7.75. The predicted octanol–water partition coefficient (Wildman–Crippen LogP) is 4.92. The number of carbonyl (C=O) groups is 2. The first-order chi connectivity index (χ1) is 16.2. The Bertz CT molecular complexity index is 1100. The topological polar surface area (TPSA) is 76.7 Å². The van der Waals surface area contributed by atoms with Crippen LogP contribution in [0.25, 0.3) is 5.57 Å². The first-order valence-corrected chi connectivity index (χ1v) is 10.9. The molecule has 0 bridgehead atoms. The molecule has 1 aliphatic heterocycles. The van der Waals surface area contributed by atoms with Crippen LogP contribution in [0.3, 0.4) is 0 Å². The molecular formula is C27H26N2O4. The van der Waals surface area contributed by atoms with E-state index in [-0.39, 0.29) is 25.2 Å². The number of amides is 1. The molecule has 3 aromatic rings. The predicted molar refractivity (Wildman–Crippen MR) is 127 cm³/mol. The maximum Gasteiger partial charge on any atom is 0.411 e. The Balaban J connectivity index is 1.27. The highest BCUT2D eigenvalue weighted by Gasteiger charge is 2.24. The van der Waals surface area contributed by atoms with E-state index >= 15 is 0 Å². The highest BCUT2D eigenvalue weighted by molar-refractivity contribution is 5.85. The molecule has 4 rings (SSSR count). The van der Waals surface area contributed by atoms with Gasteiger partial charge in [-0.3, -0.25) is 10.1 Å². The lowest BCUT2D eigenvalue weighted by atomic mass is 9.95. The molecule has 1 unspecified atom stereocenters. The minimum Gasteiger partial charge on any atom is -0.460 e. The zero-order valence-corrected chi connectivity index (χ0v) is 18.2. The molecule has 0 saturated carbocycles. The normalized spacial score (nSPS) is 15.3. The Morgan fingerprint density at radius 1 is 0.818 bits per heavy atom. The van der Waals surface area contributed by atoms with Crippen molar-refractivity contribution in [1.82, 2.24) is 5.32 Å². The minimum atomic E-state index is -0.506. The summed E-state index contributed by atoms with van der Waals surface area (Å²) in [5.74, 6) is -0.260. The number of ether oxygens (including phenoxy) is 2. The van der Waals surface area contributed by atoms with Gasteiger partial charge in [-0.05, 0) is 40.8 Å². The third-order valence-electron chi connectivity index (χ3n) is 5.36. The van der Waals surface area contributed by atoms with Crippen molar-refractivity contribution in [2.75, 3.05) is 11.9 Å². The first kappa shape index (κ1) is 22.3. The van der Waals surface area contributed by atoms with Crippen molar-refractivity contribution in [3.63, 3.8) is 0 Å². The van der Waals surface area contributed by atoms with E-state index < -0.39 is 6.09 Å². The highest BCUT2D eigenvalue weighted by Crippen LogP contribution is 2.24. The van der Waals surface area contributed by atoms with Gasteiger partial charge >= 0.3 is 12.1 Å². The van der Waals surface area contributed by atoms with Crippen LogP contribution in [0.1, 0.15) is 23.1 Å². The number of esters is 1. The number of rotatable bonds is 7. The number of carbonyl (C=O) groups excluding carboxylic acids is 2. The van der Waals surface area contributed by atoms with Crippen molar-refractivity contribution in [2.24, 2.45) is 0 Å². The number of hydrogen-bond acceptors (Lipinski definition) is 5. The second-order valence-corrected chi connectivity index (χ2v) is 7.75. The quantitative estimate of drug-likeness (QED) is 0.508. The van der Waals surface area contributed by atoms with Gasteiger partial charge in [0.1, 0.15) is 19.3 Å². The molecule has 0 saturated heterocycles. The molecule has 1 aliphatic rings. The van der Waals surface area contributed by atoms with E-state index in [2.05, 4.69) is 16.7 Å². The maximum atomic E-state index is 12.5. The van der Waals surface area contributed by atoms with Crippen LogP contribution in [0, 0.1) is 0 Å². The van der Waals surface area contributed by atoms with Crippen LogP contribution in [0.15, 0.2) is 91.0 Å². The molecular weight excluding hydrogens is 416 g/mol. The van der Waals surface area contributed by atoms with Crippen LogP contribution in [0.2, 0.25) is 0 Å². The van der Waals surface area contributed by atoms with Gasteiger partial charge in [-0.25, -0.2) is 4.79 Å². The van der Waals surface area contributed by atoms with E-state index in [1.807, 2.05) is 84.9 Å². The van der Waals surface area contributed by atoms with Crippen molar-refractivity contribution in [3.05, 3.63) is 108 Å². The van der Waals surface area contributed by atoms with Crippen LogP contribution < -0.4 is 10.6 Å². The molecule has 1 amide bonds. The highest BCUT2D eigenvalue weighted by atomic mass is 16.5. The number of hydrogen-bond donors (Lipinski definition) is 2. The van der Waals surface area contributed by atoms with Crippen LogP contribution in [0.4, 0.5) is 10.5 Å². The summed E-state index contributed by atoms with van der Waals surface area (Å²) in [6.07, 6.45) is 2.10. The van der Waals surface area contributed by atoms with Gasteiger partial charge in [-0.15, -0.1) is 0 Å². The Hall–Kier alpha value is -3.90. The van der Waals surface area contributed by atoms with Gasteiger partial charge in [-0.2, -0.15) is 0 Å². The largest absolute Gasteiger partial charge is 0.460 e. The molecule has 0 aromatic heterocycles. The standard InChI is InChI=1S/C27H26N2O4/c30-26(32-18-20-7-3-1-4-8-20)25-17-23(15-16-28-25)22-11-13-24(14-12-22)29-27(31)33-19-21-9-5-2-6-10-21/h1-15,25,28H,16-19H2,(H,29,31). The number of benzene rings is 3. The molecule has 6 nitrogen and oxygen atoms in total. The molecule has 3 aromatic carbocycles. The molecule has 0 aliphatic carbocycles. The van der Waals surface area contributed by atoms with Crippen LogP contribution in [0.5, 0.6) is 0 Å². The van der Waals surface area contributed by atoms with Gasteiger partial charge in [0.15, 0.2) is 0 Å². The van der Waals surface area contributed by atoms with E-state index in [0.717, 1.165) is 22.3 Å². The average molecular weight is 443 g/mol. The summed E-state index contributed by atoms with van der Waals surface area (Å²) < 4.78 is 10.7. The molecule has 168 valence electrons. The summed E-state index contributed by atoms with van der Waals surface area (Å²) in [7, 11) is 0. The summed E-state index contributed by atoms with van der Waals surface area (Å²) in [5.41, 5.74) is 4.60. The number of anilines is 1. The van der Waals surface area contributed by atoms with E-state index in [4.69, 9.17) is 9.47 Å². The lowest BCUT2D eigenvalue weighted by Gasteiger charge is -2.23. The Labute approximate surface area is 193 Å². The van der Waals surface area contributed by atoms with Gasteiger partial charge in [0, 0.05) is 12.2 Å². The van der Waals surface area contributed by atoms with Gasteiger partial charge in [0.2, 0.25) is 0 Å². The fraction of sp³-hybridized carbons (Fsp3) is 0.185. The molecule has 2 N–H and O–H groups in total. The zero-order chi connectivity index (χ0) is 22.9. The Kier molecular flexibility index (Phi) is 7.51. The Morgan fingerprint density at radius 2 is 1.42 bits per heavy atom. The van der Waals surface area contributed by atoms with E-state index in [1.54, 1.807) is 0 Å². The van der Waals surface area contributed by atoms with Crippen LogP contribution in [-0.4, -0.2) is 24.6 Å². The molecule has 0 radical (unpaired) electrons. The summed E-state index contributed by atoms with van der Waals surface area (Å²) in [5, 5.41) is 5.93. The Morgan fingerprint density at radius 3 is 2.06 bits per heavy atom. The van der Waals surface area contributed by atoms with E-state index in [0.29, 0.717) is 18.7 Å². The summed E-state index contributed by atoms with van der Waals surface area (Å²) in [6, 6.07) is 26.3. The van der Waals surface area contributed by atoms with Crippen molar-refractivity contribution in [1.29, 1.82) is 0 Å². The third kappa shape index (κ3) is 6.54. The SMILES string of the molecule is O=C(Nc1ccc(C2=CCNC(C(=O)OCc3ccccc3)C2)cc1)OCc1ccccc1. The molecule has 1 atom stereocenters. The van der Waals surface area contributed by atoms with Gasteiger partial charge in [0.05, 0.1) is 0 Å². The minimum absolute atomic E-state index is 0.215. The molecule has 33 heavy (non-hydrogen) atoms. The van der Waals surface area contributed by atoms with Gasteiger partial charge < -0.3 is 14.8 Å². The van der Waals surface area contributed by atoms with Gasteiger partial charge in [-0.1, -0.05) is 78.9 Å². The lowest BCUT2D eigenvalue weighted by molar-refractivity contribution is -0.147. The fourth-order valence-corrected chi connectivity index (χ4v) is 3.58. The first-order valence-electron chi connectivity index (χ1n) is 10.9. The van der Waals surface area contributed by atoms with Crippen molar-refractivity contribution >= 4 is 23.3 Å². The molecule has 0 fully saturated rings. The van der Waals surface area contributed by atoms with Crippen LogP contribution in [-0.2, 0) is 27.5 Å². The molecule has 0 spiro atoms. The summed E-state index contributed by atoms with van der Waals surface area (Å²) in [4.78, 5) is 24.6. The van der Waals surface area contributed by atoms with E-state index in [1.165, 1.54) is 0 Å². The molecule has 6 heteroatoms. The van der Waals surface area contributed by atoms with Crippen LogP contribution >= 0.6 is 0 Å². The summed E-state index contributed by atoms with van der Waals surface area (Å²) in [6.45, 7) is 1.07. The van der Waals surface area contributed by atoms with Crippen molar-refractivity contribution in [2.45, 2.75) is 25.7 Å². The van der Waals surface area contributed by atoms with Crippen molar-refractivity contribution in [3.8, 4) is 0 Å². The second kappa shape index (κ2) is 11.1. The van der Waals surface area contributed by atoms with Gasteiger partial charge in [0.25, 0.3) is 0 Å². The fourth-order valence-electron chi connectivity index (χ4n) is 3.58. The zero-order valence-electron chi connectivity index (χ0n) is 18.2. The molecule has 1 heterocycles. The third-order valence-corrected chi connectivity index (χ3v) is 5.36. The maximum absolute atomic E-state index is 12.5. The van der Waals surface area contributed by atoms with E-state index in [9.17, 15) is 9.59 Å². The number of nitrogens with one attached hydrogen (secondary N) is 2. The lowest BCUT2D eigenvalue weighted by Crippen LogP contribution is -2.40. The summed E-state index contributed by atoms with van der Waals surface area (Å²) >= 11 is 0.